The van der Waals surface area contributed by atoms with Gasteiger partial charge in [-0.25, -0.2) is 8.78 Å². The van der Waals surface area contributed by atoms with Gasteiger partial charge in [0.1, 0.15) is 0 Å². The number of rotatable bonds is 4. The van der Waals surface area contributed by atoms with Gasteiger partial charge in [0.15, 0.2) is 11.6 Å². The number of benzene rings is 1. The number of likely N-dealkylation sites (tertiary alicyclic amines) is 1. The Hall–Kier alpha value is -2.67. The fraction of sp³-hybridized carbons (Fsp3) is 0.316. The van der Waals surface area contributed by atoms with E-state index in [1.54, 1.807) is 18.5 Å². The molecule has 1 saturated heterocycles. The van der Waals surface area contributed by atoms with Crippen molar-refractivity contribution >= 4 is 0 Å². The first-order chi connectivity index (χ1) is 12.7. The SMILES string of the molecule is Fc1cccc(CN2CCCC(c3nnc(-c4ccncc4)o3)C2)c1F. The van der Waals surface area contributed by atoms with Gasteiger partial charge in [-0.2, -0.15) is 0 Å². The number of nitrogens with zero attached hydrogens (tertiary/aromatic N) is 4. The summed E-state index contributed by atoms with van der Waals surface area (Å²) in [6, 6.07) is 7.93. The third-order valence-electron chi connectivity index (χ3n) is 4.65. The first kappa shape index (κ1) is 16.8. The van der Waals surface area contributed by atoms with Crippen LogP contribution in [-0.2, 0) is 6.54 Å². The van der Waals surface area contributed by atoms with Gasteiger partial charge in [-0.1, -0.05) is 12.1 Å². The van der Waals surface area contributed by atoms with E-state index in [0.717, 1.165) is 31.0 Å². The molecule has 2 aromatic heterocycles. The van der Waals surface area contributed by atoms with E-state index in [-0.39, 0.29) is 5.92 Å². The van der Waals surface area contributed by atoms with Crippen LogP contribution in [0.5, 0.6) is 0 Å². The van der Waals surface area contributed by atoms with Crippen LogP contribution in [0, 0.1) is 11.6 Å². The number of halogens is 2. The monoisotopic (exact) mass is 356 g/mol. The summed E-state index contributed by atoms with van der Waals surface area (Å²) in [5.74, 6) is -0.442. The second-order valence-electron chi connectivity index (χ2n) is 6.47. The second kappa shape index (κ2) is 7.29. The Morgan fingerprint density at radius 2 is 1.96 bits per heavy atom. The van der Waals surface area contributed by atoms with Crippen LogP contribution >= 0.6 is 0 Å². The van der Waals surface area contributed by atoms with E-state index in [1.807, 2.05) is 12.1 Å². The van der Waals surface area contributed by atoms with Crippen LogP contribution in [0.4, 0.5) is 8.78 Å². The first-order valence-electron chi connectivity index (χ1n) is 8.60. The van der Waals surface area contributed by atoms with Gasteiger partial charge in [0.05, 0.1) is 5.92 Å². The number of hydrogen-bond donors (Lipinski definition) is 0. The highest BCUT2D eigenvalue weighted by atomic mass is 19.2. The van der Waals surface area contributed by atoms with Crippen molar-refractivity contribution in [2.45, 2.75) is 25.3 Å². The van der Waals surface area contributed by atoms with Crippen LogP contribution < -0.4 is 0 Å². The van der Waals surface area contributed by atoms with Crippen LogP contribution in [0.2, 0.25) is 0 Å². The highest BCUT2D eigenvalue weighted by Crippen LogP contribution is 2.29. The summed E-state index contributed by atoms with van der Waals surface area (Å²) in [6.45, 7) is 1.87. The fourth-order valence-corrected chi connectivity index (χ4v) is 3.32. The van der Waals surface area contributed by atoms with Gasteiger partial charge >= 0.3 is 0 Å². The van der Waals surface area contributed by atoms with Crippen molar-refractivity contribution in [3.63, 3.8) is 0 Å². The summed E-state index contributed by atoms with van der Waals surface area (Å²) in [5, 5.41) is 8.32. The van der Waals surface area contributed by atoms with E-state index in [2.05, 4.69) is 20.1 Å². The van der Waals surface area contributed by atoms with Crippen molar-refractivity contribution in [2.75, 3.05) is 13.1 Å². The first-order valence-corrected chi connectivity index (χ1v) is 8.60. The van der Waals surface area contributed by atoms with Crippen molar-refractivity contribution in [2.24, 2.45) is 0 Å². The third-order valence-corrected chi connectivity index (χ3v) is 4.65. The molecule has 1 aliphatic rings. The Morgan fingerprint density at radius 1 is 1.12 bits per heavy atom. The predicted molar refractivity (Wildman–Crippen MR) is 91.1 cm³/mol. The molecule has 0 spiro atoms. The smallest absolute Gasteiger partial charge is 0.247 e. The minimum Gasteiger partial charge on any atom is -0.420 e. The molecule has 0 radical (unpaired) electrons. The average Bonchev–Trinajstić information content (AvgIpc) is 3.17. The third kappa shape index (κ3) is 3.48. The van der Waals surface area contributed by atoms with Crippen LogP contribution in [-0.4, -0.2) is 33.2 Å². The van der Waals surface area contributed by atoms with E-state index < -0.39 is 11.6 Å². The molecule has 1 unspecified atom stereocenters. The zero-order valence-electron chi connectivity index (χ0n) is 14.1. The van der Waals surface area contributed by atoms with Crippen LogP contribution in [0.15, 0.2) is 47.1 Å². The van der Waals surface area contributed by atoms with E-state index in [1.165, 1.54) is 6.07 Å². The molecule has 3 heterocycles. The summed E-state index contributed by atoms with van der Waals surface area (Å²) in [4.78, 5) is 6.08. The quantitative estimate of drug-likeness (QED) is 0.712. The Balaban J connectivity index is 1.47. The fourth-order valence-electron chi connectivity index (χ4n) is 3.32. The molecule has 0 bridgehead atoms. The molecule has 4 rings (SSSR count). The van der Waals surface area contributed by atoms with Crippen molar-refractivity contribution in [3.8, 4) is 11.5 Å². The summed E-state index contributed by atoms with van der Waals surface area (Å²) >= 11 is 0. The topological polar surface area (TPSA) is 55.1 Å². The minimum atomic E-state index is -0.810. The number of hydrogen-bond acceptors (Lipinski definition) is 5. The molecule has 7 heteroatoms. The molecule has 0 aliphatic carbocycles. The number of pyridine rings is 1. The standard InChI is InChI=1S/C19H18F2N4O/c20-16-5-1-3-14(17(16)21)11-25-10-2-4-15(12-25)19-24-23-18(26-19)13-6-8-22-9-7-13/h1,3,5-9,15H,2,4,10-12H2. The van der Waals surface area contributed by atoms with Crippen LogP contribution in [0.3, 0.4) is 0 Å². The van der Waals surface area contributed by atoms with E-state index >= 15 is 0 Å². The summed E-state index contributed by atoms with van der Waals surface area (Å²) in [5.41, 5.74) is 1.20. The lowest BCUT2D eigenvalue weighted by Gasteiger charge is -2.31. The van der Waals surface area contributed by atoms with Crippen molar-refractivity contribution in [3.05, 3.63) is 65.8 Å². The second-order valence-corrected chi connectivity index (χ2v) is 6.47. The van der Waals surface area contributed by atoms with Crippen LogP contribution in [0.1, 0.15) is 30.2 Å². The molecule has 1 aliphatic heterocycles. The maximum absolute atomic E-state index is 13.9. The Labute approximate surface area is 149 Å². The van der Waals surface area contributed by atoms with Gasteiger partial charge in [0.25, 0.3) is 0 Å². The Kier molecular flexibility index (Phi) is 4.71. The van der Waals surface area contributed by atoms with Gasteiger partial charge in [0.2, 0.25) is 11.8 Å². The van der Waals surface area contributed by atoms with Gasteiger partial charge in [-0.3, -0.25) is 9.88 Å². The van der Waals surface area contributed by atoms with Crippen LogP contribution in [0.25, 0.3) is 11.5 Å². The average molecular weight is 356 g/mol. The van der Waals surface area contributed by atoms with Gasteiger partial charge in [0, 0.05) is 36.6 Å². The minimum absolute atomic E-state index is 0.0865. The van der Waals surface area contributed by atoms with Crippen molar-refractivity contribution in [1.82, 2.24) is 20.1 Å². The molecule has 3 aromatic rings. The molecular formula is C19H18F2N4O. The van der Waals surface area contributed by atoms with Gasteiger partial charge < -0.3 is 4.42 Å². The summed E-state index contributed by atoms with van der Waals surface area (Å²) in [7, 11) is 0. The summed E-state index contributed by atoms with van der Waals surface area (Å²) in [6.07, 6.45) is 5.22. The molecule has 134 valence electrons. The van der Waals surface area contributed by atoms with Gasteiger partial charge in [-0.05, 0) is 37.6 Å². The van der Waals surface area contributed by atoms with Crippen molar-refractivity contribution < 1.29 is 13.2 Å². The molecule has 1 fully saturated rings. The highest BCUT2D eigenvalue weighted by Gasteiger charge is 2.26. The van der Waals surface area contributed by atoms with Crippen molar-refractivity contribution in [1.29, 1.82) is 0 Å². The lowest BCUT2D eigenvalue weighted by atomic mass is 9.97. The van der Waals surface area contributed by atoms with E-state index in [4.69, 9.17) is 4.42 Å². The maximum atomic E-state index is 13.9. The predicted octanol–water partition coefficient (Wildman–Crippen LogP) is 3.79. The van der Waals surface area contributed by atoms with E-state index in [9.17, 15) is 8.78 Å². The molecule has 0 N–H and O–H groups in total. The molecule has 1 atom stereocenters. The number of aromatic nitrogens is 3. The molecule has 0 amide bonds. The van der Waals surface area contributed by atoms with E-state index in [0.29, 0.717) is 30.4 Å². The van der Waals surface area contributed by atoms with Gasteiger partial charge in [-0.15, -0.1) is 10.2 Å². The lowest BCUT2D eigenvalue weighted by Crippen LogP contribution is -2.34. The Bertz CT molecular complexity index is 884. The molecule has 0 saturated carbocycles. The maximum Gasteiger partial charge on any atom is 0.247 e. The zero-order valence-corrected chi connectivity index (χ0v) is 14.1. The normalized spacial score (nSPS) is 18.2. The molecule has 5 nitrogen and oxygen atoms in total. The molecule has 26 heavy (non-hydrogen) atoms. The zero-order chi connectivity index (χ0) is 17.9. The number of piperidine rings is 1. The highest BCUT2D eigenvalue weighted by molar-refractivity contribution is 5.50. The largest absolute Gasteiger partial charge is 0.420 e. The Morgan fingerprint density at radius 3 is 2.81 bits per heavy atom. The lowest BCUT2D eigenvalue weighted by molar-refractivity contribution is 0.184. The molecular weight excluding hydrogens is 338 g/mol. The molecule has 1 aromatic carbocycles. The summed E-state index contributed by atoms with van der Waals surface area (Å²) < 4.78 is 33.2.